The van der Waals surface area contributed by atoms with Gasteiger partial charge in [0.25, 0.3) is 5.91 Å². The van der Waals surface area contributed by atoms with E-state index in [-0.39, 0.29) is 23.1 Å². The summed E-state index contributed by atoms with van der Waals surface area (Å²) in [5.74, 6) is -1.18. The number of carbonyl (C=O) groups excluding carboxylic acids is 3. The van der Waals surface area contributed by atoms with E-state index in [1.165, 1.54) is 17.9 Å². The molecule has 0 aliphatic carbocycles. The maximum Gasteiger partial charge on any atom is 0.325 e. The van der Waals surface area contributed by atoms with Gasteiger partial charge in [0.2, 0.25) is 5.91 Å². The van der Waals surface area contributed by atoms with Crippen LogP contribution in [0.5, 0.6) is 0 Å². The summed E-state index contributed by atoms with van der Waals surface area (Å²) < 4.78 is 23.5. The maximum absolute atomic E-state index is 13.0. The number of urea groups is 1. The van der Waals surface area contributed by atoms with Gasteiger partial charge in [0, 0.05) is 28.2 Å². The second-order valence-electron chi connectivity index (χ2n) is 7.31. The minimum Gasteiger partial charge on any atom is -0.337 e. The van der Waals surface area contributed by atoms with Crippen molar-refractivity contribution in [3.05, 3.63) is 33.8 Å². The molecular formula is C18H21Cl2N3O5S. The average Bonchev–Trinajstić information content (AvgIpc) is 3.07. The zero-order valence-electron chi connectivity index (χ0n) is 15.9. The largest absolute Gasteiger partial charge is 0.337 e. The number of hydrogen-bond acceptors (Lipinski definition) is 5. The van der Waals surface area contributed by atoms with Crippen molar-refractivity contribution in [3.63, 3.8) is 0 Å². The Labute approximate surface area is 179 Å². The first-order valence-corrected chi connectivity index (χ1v) is 11.7. The molecule has 2 heterocycles. The Morgan fingerprint density at radius 3 is 2.59 bits per heavy atom. The number of benzene rings is 1. The Bertz CT molecular complexity index is 984. The van der Waals surface area contributed by atoms with E-state index in [9.17, 15) is 22.8 Å². The van der Waals surface area contributed by atoms with Crippen LogP contribution in [0.4, 0.5) is 4.79 Å². The van der Waals surface area contributed by atoms with Crippen LogP contribution in [0.3, 0.4) is 0 Å². The molecule has 2 unspecified atom stereocenters. The van der Waals surface area contributed by atoms with Crippen LogP contribution in [0.15, 0.2) is 18.2 Å². The average molecular weight is 462 g/mol. The number of sulfone groups is 1. The number of likely N-dealkylation sites (N-methyl/N-ethyl adjacent to an activating group) is 1. The number of amides is 4. The number of hydrogen-bond donors (Lipinski definition) is 1. The number of imide groups is 1. The lowest BCUT2D eigenvalue weighted by atomic mass is 9.92. The topological polar surface area (TPSA) is 104 Å². The van der Waals surface area contributed by atoms with Gasteiger partial charge < -0.3 is 10.2 Å². The van der Waals surface area contributed by atoms with Gasteiger partial charge in [0.1, 0.15) is 12.1 Å². The third kappa shape index (κ3) is 4.08. The van der Waals surface area contributed by atoms with Crippen molar-refractivity contribution in [1.82, 2.24) is 15.1 Å². The molecule has 158 valence electrons. The Kier molecular flexibility index (Phi) is 5.86. The molecule has 2 aliphatic heterocycles. The molecule has 2 atom stereocenters. The molecule has 0 bridgehead atoms. The van der Waals surface area contributed by atoms with Gasteiger partial charge >= 0.3 is 6.03 Å². The number of nitrogens with one attached hydrogen (secondary N) is 1. The van der Waals surface area contributed by atoms with Crippen LogP contribution in [0.2, 0.25) is 10.0 Å². The molecule has 0 spiro atoms. The lowest BCUT2D eigenvalue weighted by molar-refractivity contribution is -0.139. The van der Waals surface area contributed by atoms with Gasteiger partial charge in [-0.05, 0) is 32.4 Å². The second-order valence-corrected chi connectivity index (χ2v) is 10.4. The monoisotopic (exact) mass is 461 g/mol. The molecule has 1 aromatic rings. The van der Waals surface area contributed by atoms with Crippen LogP contribution in [-0.4, -0.2) is 66.7 Å². The molecule has 29 heavy (non-hydrogen) atoms. The first-order valence-electron chi connectivity index (χ1n) is 9.08. The molecule has 1 aromatic carbocycles. The quantitative estimate of drug-likeness (QED) is 0.673. The molecule has 11 heteroatoms. The smallest absolute Gasteiger partial charge is 0.325 e. The van der Waals surface area contributed by atoms with Crippen LogP contribution in [0, 0.1) is 0 Å². The van der Waals surface area contributed by atoms with Gasteiger partial charge in [0.05, 0.1) is 11.5 Å². The molecule has 2 saturated heterocycles. The van der Waals surface area contributed by atoms with Crippen LogP contribution in [0.1, 0.15) is 25.8 Å². The fourth-order valence-electron chi connectivity index (χ4n) is 3.80. The van der Waals surface area contributed by atoms with Gasteiger partial charge in [-0.15, -0.1) is 0 Å². The maximum atomic E-state index is 13.0. The summed E-state index contributed by atoms with van der Waals surface area (Å²) in [6, 6.07) is 3.41. The normalized spacial score (nSPS) is 25.9. The second kappa shape index (κ2) is 7.77. The predicted molar refractivity (Wildman–Crippen MR) is 109 cm³/mol. The Morgan fingerprint density at radius 2 is 2.03 bits per heavy atom. The zero-order valence-corrected chi connectivity index (χ0v) is 18.3. The van der Waals surface area contributed by atoms with E-state index < -0.39 is 45.8 Å². The number of rotatable bonds is 5. The van der Waals surface area contributed by atoms with Gasteiger partial charge in [0.15, 0.2) is 9.84 Å². The first-order chi connectivity index (χ1) is 13.5. The van der Waals surface area contributed by atoms with E-state index in [4.69, 9.17) is 23.2 Å². The number of carbonyl (C=O) groups is 3. The summed E-state index contributed by atoms with van der Waals surface area (Å²) in [6.45, 7) is 3.04. The van der Waals surface area contributed by atoms with E-state index >= 15 is 0 Å². The van der Waals surface area contributed by atoms with Crippen LogP contribution < -0.4 is 5.32 Å². The Morgan fingerprint density at radius 1 is 1.34 bits per heavy atom. The van der Waals surface area contributed by atoms with Crippen LogP contribution in [-0.2, 0) is 25.0 Å². The SMILES string of the molecule is CCN(C(=O)CN1C(=O)NC(C)(c2ccc(Cl)cc2Cl)C1=O)C1CCS(=O)(=O)C1. The highest BCUT2D eigenvalue weighted by molar-refractivity contribution is 7.91. The van der Waals surface area contributed by atoms with Crippen LogP contribution in [0.25, 0.3) is 0 Å². The molecule has 4 amide bonds. The van der Waals surface area contributed by atoms with Gasteiger partial charge in [-0.1, -0.05) is 29.3 Å². The third-order valence-electron chi connectivity index (χ3n) is 5.35. The van der Waals surface area contributed by atoms with Crippen molar-refractivity contribution >= 4 is 50.9 Å². The lowest BCUT2D eigenvalue weighted by Crippen LogP contribution is -2.48. The molecule has 2 fully saturated rings. The zero-order chi connectivity index (χ0) is 21.6. The van der Waals surface area contributed by atoms with Crippen molar-refractivity contribution in [2.24, 2.45) is 0 Å². The van der Waals surface area contributed by atoms with Gasteiger partial charge in [-0.3, -0.25) is 14.5 Å². The fourth-order valence-corrected chi connectivity index (χ4v) is 6.13. The molecule has 1 N–H and O–H groups in total. The number of nitrogens with zero attached hydrogens (tertiary/aromatic N) is 2. The molecule has 0 aromatic heterocycles. The summed E-state index contributed by atoms with van der Waals surface area (Å²) >= 11 is 12.1. The highest BCUT2D eigenvalue weighted by Crippen LogP contribution is 2.35. The minimum atomic E-state index is -3.17. The van der Waals surface area contributed by atoms with E-state index in [1.54, 1.807) is 19.1 Å². The highest BCUT2D eigenvalue weighted by atomic mass is 35.5. The summed E-state index contributed by atoms with van der Waals surface area (Å²) in [6.07, 6.45) is 0.347. The van der Waals surface area contributed by atoms with Gasteiger partial charge in [-0.25, -0.2) is 13.2 Å². The van der Waals surface area contributed by atoms with E-state index in [0.29, 0.717) is 17.0 Å². The van der Waals surface area contributed by atoms with E-state index in [0.717, 1.165) is 4.90 Å². The fraction of sp³-hybridized carbons (Fsp3) is 0.500. The van der Waals surface area contributed by atoms with Crippen molar-refractivity contribution in [2.75, 3.05) is 24.6 Å². The molecule has 3 rings (SSSR count). The summed E-state index contributed by atoms with van der Waals surface area (Å²) in [5, 5.41) is 3.20. The van der Waals surface area contributed by atoms with Crippen molar-refractivity contribution in [1.29, 1.82) is 0 Å². The summed E-state index contributed by atoms with van der Waals surface area (Å²) in [4.78, 5) is 40.5. The highest BCUT2D eigenvalue weighted by Gasteiger charge is 2.51. The Hall–Kier alpha value is -1.84. The molecule has 0 saturated carbocycles. The molecular weight excluding hydrogens is 441 g/mol. The molecule has 8 nitrogen and oxygen atoms in total. The van der Waals surface area contributed by atoms with Crippen molar-refractivity contribution < 1.29 is 22.8 Å². The first kappa shape index (κ1) is 21.9. The van der Waals surface area contributed by atoms with E-state index in [2.05, 4.69) is 5.32 Å². The predicted octanol–water partition coefficient (Wildman–Crippen LogP) is 1.80. The standard InChI is InChI=1S/C18H21Cl2N3O5S/c1-3-22(12-6-7-29(27,28)10-12)15(24)9-23-16(25)18(2,21-17(23)26)13-5-4-11(19)8-14(13)20/h4-5,8,12H,3,6-7,9-10H2,1-2H3,(H,21,26). The lowest BCUT2D eigenvalue weighted by Gasteiger charge is -2.28. The van der Waals surface area contributed by atoms with Crippen LogP contribution >= 0.6 is 23.2 Å². The van der Waals surface area contributed by atoms with Gasteiger partial charge in [-0.2, -0.15) is 0 Å². The molecule has 0 radical (unpaired) electrons. The Balaban J connectivity index is 1.80. The summed E-state index contributed by atoms with van der Waals surface area (Å²) in [7, 11) is -3.17. The summed E-state index contributed by atoms with van der Waals surface area (Å²) in [5.41, 5.74) is -1.07. The van der Waals surface area contributed by atoms with Crippen molar-refractivity contribution in [3.8, 4) is 0 Å². The number of halogens is 2. The minimum absolute atomic E-state index is 0.0255. The van der Waals surface area contributed by atoms with Crippen molar-refractivity contribution in [2.45, 2.75) is 31.8 Å². The van der Waals surface area contributed by atoms with E-state index in [1.807, 2.05) is 0 Å². The third-order valence-corrected chi connectivity index (χ3v) is 7.65. The molecule has 2 aliphatic rings.